The Morgan fingerprint density at radius 2 is 1.64 bits per heavy atom. The van der Waals surface area contributed by atoms with Crippen LogP contribution in [-0.2, 0) is 24.9 Å². The van der Waals surface area contributed by atoms with Gasteiger partial charge in [0.15, 0.2) is 0 Å². The normalized spacial score (nSPS) is 11.8. The fourth-order valence-corrected chi connectivity index (χ4v) is 6.79. The molecule has 0 aliphatic rings. The average molecular weight is 662 g/mol. The monoisotopic (exact) mass is 661 g/mol. The molecule has 4 rings (SSSR count). The van der Waals surface area contributed by atoms with Crippen LogP contribution in [0.3, 0.4) is 0 Å². The maximum Gasteiger partial charge on any atom is 1.00 e. The molecule has 4 N–H and O–H groups in total. The van der Waals surface area contributed by atoms with Crippen molar-refractivity contribution < 1.29 is 60.8 Å². The molecule has 0 spiro atoms. The fraction of sp³-hybridized carbons (Fsp3) is 0.233. The van der Waals surface area contributed by atoms with Gasteiger partial charge in [-0.15, -0.1) is 10.2 Å². The van der Waals surface area contributed by atoms with E-state index >= 15 is 0 Å². The first-order chi connectivity index (χ1) is 20.8. The number of nitrogen functional groups attached to an aromatic ring is 1. The van der Waals surface area contributed by atoms with Gasteiger partial charge in [-0.1, -0.05) is 44.4 Å². The number of amides is 1. The fourth-order valence-electron chi connectivity index (χ4n) is 4.63. The van der Waals surface area contributed by atoms with E-state index in [4.69, 9.17) is 5.73 Å². The van der Waals surface area contributed by atoms with E-state index in [1.807, 2.05) is 0 Å². The SMILES string of the molecule is CCCCCCN(c1ccc(NC(C)=O)cc1)S(=O)(=O)c1ccccc1N=Nc1c(N)ccc2cc(S(=O)(=O)[O-])cc(O)c12.[Na+]. The number of aromatic hydroxyl groups is 1. The summed E-state index contributed by atoms with van der Waals surface area (Å²) in [4.78, 5) is 10.7. The van der Waals surface area contributed by atoms with E-state index < -0.39 is 30.8 Å². The number of rotatable bonds is 12. The summed E-state index contributed by atoms with van der Waals surface area (Å²) >= 11 is 0. The Kier molecular flexibility index (Phi) is 12.1. The maximum atomic E-state index is 14.2. The topological polar surface area (TPSA) is 195 Å². The number of hydrogen-bond donors (Lipinski definition) is 3. The molecule has 0 heterocycles. The number of hydrogen-bond acceptors (Lipinski definition) is 10. The number of carbonyl (C=O) groups excluding carboxylic acids is 1. The van der Waals surface area contributed by atoms with Gasteiger partial charge >= 0.3 is 29.6 Å². The van der Waals surface area contributed by atoms with E-state index in [0.29, 0.717) is 17.8 Å². The molecule has 232 valence electrons. The summed E-state index contributed by atoms with van der Waals surface area (Å²) in [7, 11) is -9.04. The van der Waals surface area contributed by atoms with Gasteiger partial charge in [-0.25, -0.2) is 16.8 Å². The predicted octanol–water partition coefficient (Wildman–Crippen LogP) is 3.19. The summed E-state index contributed by atoms with van der Waals surface area (Å²) in [5, 5.41) is 21.9. The smallest absolute Gasteiger partial charge is 0.744 e. The number of carbonyl (C=O) groups is 1. The van der Waals surface area contributed by atoms with Gasteiger partial charge in [-0.3, -0.25) is 9.10 Å². The second-order valence-electron chi connectivity index (χ2n) is 10.0. The van der Waals surface area contributed by atoms with E-state index in [-0.39, 0.29) is 74.7 Å². The molecule has 0 fully saturated rings. The molecule has 15 heteroatoms. The van der Waals surface area contributed by atoms with Crippen molar-refractivity contribution in [1.29, 1.82) is 0 Å². The maximum absolute atomic E-state index is 14.2. The number of unbranched alkanes of at least 4 members (excludes halogenated alkanes) is 3. The van der Waals surface area contributed by atoms with Gasteiger partial charge < -0.3 is 20.7 Å². The van der Waals surface area contributed by atoms with Crippen molar-refractivity contribution in [3.8, 4) is 5.75 Å². The third-order valence-electron chi connectivity index (χ3n) is 6.74. The minimum absolute atomic E-state index is 0. The number of azo groups is 1. The molecule has 4 aromatic carbocycles. The van der Waals surface area contributed by atoms with Crippen molar-refractivity contribution in [2.45, 2.75) is 49.3 Å². The molecular weight excluding hydrogens is 629 g/mol. The Labute approximate surface area is 284 Å². The first-order valence-corrected chi connectivity index (χ1v) is 16.6. The summed E-state index contributed by atoms with van der Waals surface area (Å²) in [6.45, 7) is 3.64. The van der Waals surface area contributed by atoms with Crippen molar-refractivity contribution in [2.24, 2.45) is 10.2 Å². The molecule has 0 saturated heterocycles. The van der Waals surface area contributed by atoms with E-state index in [9.17, 15) is 31.3 Å². The van der Waals surface area contributed by atoms with Crippen molar-refractivity contribution >= 4 is 65.3 Å². The Morgan fingerprint density at radius 1 is 0.956 bits per heavy atom. The van der Waals surface area contributed by atoms with Crippen molar-refractivity contribution in [3.63, 3.8) is 0 Å². The molecule has 0 unspecified atom stereocenters. The minimum Gasteiger partial charge on any atom is -0.744 e. The van der Waals surface area contributed by atoms with Crippen LogP contribution in [0.25, 0.3) is 10.8 Å². The molecule has 45 heavy (non-hydrogen) atoms. The standard InChI is InChI=1S/C30H33N5O7S2.Na/c1-3-4-5-8-17-35(23-14-12-22(13-15-23)32-20(2)36)43(38,39)28-10-7-6-9-26(28)33-34-30-25(31)16-11-21-18-24(44(40,41)42)19-27(37)29(21)30;/h6-7,9-16,18-19,37H,3-5,8,17,31H2,1-2H3,(H,32,36)(H,40,41,42);/q;+1/p-1. The second-order valence-corrected chi connectivity index (χ2v) is 13.2. The van der Waals surface area contributed by atoms with Crippen LogP contribution in [0.1, 0.15) is 39.5 Å². The van der Waals surface area contributed by atoms with Crippen LogP contribution in [0, 0.1) is 0 Å². The van der Waals surface area contributed by atoms with Crippen LogP contribution >= 0.6 is 0 Å². The molecule has 1 amide bonds. The molecule has 4 aromatic rings. The molecule has 0 aliphatic carbocycles. The molecule has 0 radical (unpaired) electrons. The Bertz CT molecular complexity index is 1930. The Morgan fingerprint density at radius 3 is 2.29 bits per heavy atom. The van der Waals surface area contributed by atoms with Gasteiger partial charge in [-0.05, 0) is 66.4 Å². The molecule has 0 aliphatic heterocycles. The van der Waals surface area contributed by atoms with Crippen LogP contribution < -0.4 is 44.9 Å². The van der Waals surface area contributed by atoms with E-state index in [1.165, 1.54) is 35.5 Å². The Balaban J connectivity index is 0.00000552. The summed E-state index contributed by atoms with van der Waals surface area (Å²) in [6.07, 6.45) is 3.36. The molecule has 0 aromatic heterocycles. The number of benzene rings is 4. The van der Waals surface area contributed by atoms with E-state index in [0.717, 1.165) is 31.4 Å². The Hall–Kier alpha value is -3.53. The van der Waals surface area contributed by atoms with Gasteiger partial charge in [0, 0.05) is 19.2 Å². The summed E-state index contributed by atoms with van der Waals surface area (Å²) in [6, 6.07) is 17.2. The van der Waals surface area contributed by atoms with Crippen LogP contribution in [0.5, 0.6) is 5.75 Å². The molecule has 12 nitrogen and oxygen atoms in total. The summed E-state index contributed by atoms with van der Waals surface area (Å²) in [5.41, 5.74) is 7.07. The van der Waals surface area contributed by atoms with Crippen molar-refractivity contribution in [3.05, 3.63) is 72.8 Å². The zero-order chi connectivity index (χ0) is 32.1. The zero-order valence-corrected chi connectivity index (χ0v) is 28.7. The number of anilines is 3. The van der Waals surface area contributed by atoms with Crippen LogP contribution in [-0.4, -0.2) is 38.9 Å². The molecular formula is C30H32N5NaO7S2. The zero-order valence-electron chi connectivity index (χ0n) is 25.1. The van der Waals surface area contributed by atoms with Crippen molar-refractivity contribution in [1.82, 2.24) is 0 Å². The number of phenolic OH excluding ortho intramolecular Hbond substituents is 1. The first-order valence-electron chi connectivity index (χ1n) is 13.7. The quantitative estimate of drug-likeness (QED) is 0.0677. The molecule has 0 saturated carbocycles. The van der Waals surface area contributed by atoms with Crippen LogP contribution in [0.2, 0.25) is 0 Å². The second kappa shape index (κ2) is 15.2. The number of nitrogens with zero attached hydrogens (tertiary/aromatic N) is 3. The number of sulfonamides is 1. The number of nitrogens with two attached hydrogens (primary N) is 1. The van der Waals surface area contributed by atoms with Gasteiger partial charge in [0.05, 0.1) is 21.7 Å². The van der Waals surface area contributed by atoms with Gasteiger partial charge in [0.2, 0.25) is 5.91 Å². The number of nitrogens with one attached hydrogen (secondary N) is 1. The van der Waals surface area contributed by atoms with Gasteiger partial charge in [0.25, 0.3) is 10.0 Å². The van der Waals surface area contributed by atoms with Gasteiger partial charge in [-0.2, -0.15) is 0 Å². The summed E-state index contributed by atoms with van der Waals surface area (Å²) < 4.78 is 64.2. The molecule has 0 atom stereocenters. The summed E-state index contributed by atoms with van der Waals surface area (Å²) in [5.74, 6) is -0.808. The minimum atomic E-state index is -4.85. The van der Waals surface area contributed by atoms with Crippen LogP contribution in [0.4, 0.5) is 28.4 Å². The van der Waals surface area contributed by atoms with E-state index in [2.05, 4.69) is 22.5 Å². The third-order valence-corrected chi connectivity index (χ3v) is 9.43. The number of fused-ring (bicyclic) bond motifs is 1. The largest absolute Gasteiger partial charge is 1.00 e. The van der Waals surface area contributed by atoms with Crippen LogP contribution in [0.15, 0.2) is 92.8 Å². The number of phenols is 1. The predicted molar refractivity (Wildman–Crippen MR) is 168 cm³/mol. The van der Waals surface area contributed by atoms with Gasteiger partial charge in [0.1, 0.15) is 32.1 Å². The van der Waals surface area contributed by atoms with E-state index in [1.54, 1.807) is 36.4 Å². The average Bonchev–Trinajstić information content (AvgIpc) is 2.96. The van der Waals surface area contributed by atoms with Crippen molar-refractivity contribution in [2.75, 3.05) is 21.9 Å². The molecule has 0 bridgehead atoms. The first kappa shape index (κ1) is 35.9. The third kappa shape index (κ3) is 8.60.